The predicted molar refractivity (Wildman–Crippen MR) is 140 cm³/mol. The summed E-state index contributed by atoms with van der Waals surface area (Å²) in [5.41, 5.74) is 9.94. The van der Waals surface area contributed by atoms with Gasteiger partial charge in [0.05, 0.1) is 23.1 Å². The molecule has 2 N–H and O–H groups in total. The summed E-state index contributed by atoms with van der Waals surface area (Å²) in [4.78, 5) is 18.1. The Bertz CT molecular complexity index is 1500. The number of nitrogens with two attached hydrogens (primary N) is 1. The van der Waals surface area contributed by atoms with E-state index in [0.29, 0.717) is 41.4 Å². The number of allylic oxidation sites excluding steroid dienone is 1. The predicted octanol–water partition coefficient (Wildman–Crippen LogP) is 5.03. The third-order valence-electron chi connectivity index (χ3n) is 7.03. The molecule has 1 fully saturated rings. The number of nitrogen functional groups attached to an aromatic ring is 1. The van der Waals surface area contributed by atoms with Crippen LogP contribution in [0.2, 0.25) is 0 Å². The number of benzene rings is 1. The first-order valence-electron chi connectivity index (χ1n) is 12.6. The SMILES string of the molecule is C=C(C)c1c(-c2cnn(C(CC)CC)c2)nn(Cc2nc3ccc(F)cc3c(=O)n2CC2CC2)c1N. The quantitative estimate of drug-likeness (QED) is 0.356. The zero-order chi connectivity index (χ0) is 25.6. The number of nitrogens with zero attached hydrogens (tertiary/aromatic N) is 6. The molecule has 5 rings (SSSR count). The average molecular weight is 490 g/mol. The van der Waals surface area contributed by atoms with Gasteiger partial charge < -0.3 is 5.73 Å². The van der Waals surface area contributed by atoms with E-state index in [1.807, 2.05) is 24.0 Å². The fourth-order valence-electron chi connectivity index (χ4n) is 4.78. The maximum absolute atomic E-state index is 13.9. The molecule has 3 heterocycles. The van der Waals surface area contributed by atoms with Gasteiger partial charge in [0, 0.05) is 23.9 Å². The van der Waals surface area contributed by atoms with E-state index >= 15 is 0 Å². The molecule has 1 saturated carbocycles. The fraction of sp³-hybridized carbons (Fsp3) is 0.407. The monoisotopic (exact) mass is 489 g/mol. The van der Waals surface area contributed by atoms with Gasteiger partial charge in [-0.15, -0.1) is 0 Å². The van der Waals surface area contributed by atoms with E-state index in [9.17, 15) is 9.18 Å². The van der Waals surface area contributed by atoms with Crippen molar-refractivity contribution in [3.63, 3.8) is 0 Å². The molecule has 0 atom stereocenters. The van der Waals surface area contributed by atoms with Gasteiger partial charge in [0.25, 0.3) is 5.56 Å². The first-order chi connectivity index (χ1) is 17.3. The maximum Gasteiger partial charge on any atom is 0.261 e. The van der Waals surface area contributed by atoms with Gasteiger partial charge in [-0.2, -0.15) is 10.2 Å². The number of halogens is 1. The van der Waals surface area contributed by atoms with E-state index in [4.69, 9.17) is 15.8 Å². The summed E-state index contributed by atoms with van der Waals surface area (Å²) in [6, 6.07) is 4.44. The Kier molecular flexibility index (Phi) is 6.24. The highest BCUT2D eigenvalue weighted by atomic mass is 19.1. The van der Waals surface area contributed by atoms with Crippen LogP contribution >= 0.6 is 0 Å². The summed E-state index contributed by atoms with van der Waals surface area (Å²) < 4.78 is 19.2. The first kappa shape index (κ1) is 24.0. The van der Waals surface area contributed by atoms with Crippen molar-refractivity contribution in [3.8, 4) is 11.3 Å². The highest BCUT2D eigenvalue weighted by molar-refractivity contribution is 5.83. The van der Waals surface area contributed by atoms with Crippen LogP contribution in [0.15, 0.2) is 42.0 Å². The first-order valence-corrected chi connectivity index (χ1v) is 12.6. The zero-order valence-electron chi connectivity index (χ0n) is 21.0. The molecule has 1 aromatic carbocycles. The molecule has 1 aliphatic carbocycles. The third-order valence-corrected chi connectivity index (χ3v) is 7.03. The molecular formula is C27H32FN7O. The highest BCUT2D eigenvalue weighted by Gasteiger charge is 2.26. The van der Waals surface area contributed by atoms with Gasteiger partial charge in [-0.1, -0.05) is 20.4 Å². The molecule has 36 heavy (non-hydrogen) atoms. The summed E-state index contributed by atoms with van der Waals surface area (Å²) in [5.74, 6) is 0.988. The minimum Gasteiger partial charge on any atom is -0.383 e. The van der Waals surface area contributed by atoms with Crippen molar-refractivity contribution in [3.05, 3.63) is 64.7 Å². The van der Waals surface area contributed by atoms with Crippen LogP contribution in [0, 0.1) is 11.7 Å². The molecule has 0 aliphatic heterocycles. The van der Waals surface area contributed by atoms with Crippen LogP contribution in [0.25, 0.3) is 27.7 Å². The molecule has 0 saturated heterocycles. The lowest BCUT2D eigenvalue weighted by molar-refractivity contribution is 0.428. The van der Waals surface area contributed by atoms with Crippen molar-refractivity contribution in [2.45, 2.75) is 65.6 Å². The molecule has 3 aromatic heterocycles. The van der Waals surface area contributed by atoms with Crippen molar-refractivity contribution in [1.29, 1.82) is 0 Å². The molecule has 0 spiro atoms. The number of rotatable bonds is 9. The molecule has 8 nitrogen and oxygen atoms in total. The number of hydrogen-bond acceptors (Lipinski definition) is 5. The standard InChI is InChI=1S/C27H32FN7O/c1-5-20(6-2)34-14-18(12-30-34)25-24(16(3)4)26(29)35(32-25)15-23-31-22-10-9-19(28)11-21(22)27(36)33(23)13-17-7-8-17/h9-12,14,17,20H,3,5-8,13,15,29H2,1-2,4H3. The van der Waals surface area contributed by atoms with Gasteiger partial charge in [-0.05, 0) is 62.3 Å². The molecular weight excluding hydrogens is 457 g/mol. The van der Waals surface area contributed by atoms with Gasteiger partial charge >= 0.3 is 0 Å². The Labute approximate surface area is 209 Å². The van der Waals surface area contributed by atoms with Crippen LogP contribution in [-0.4, -0.2) is 29.1 Å². The second kappa shape index (κ2) is 9.37. The second-order valence-electron chi connectivity index (χ2n) is 9.77. The van der Waals surface area contributed by atoms with Gasteiger partial charge in [0.2, 0.25) is 0 Å². The van der Waals surface area contributed by atoms with Crippen LogP contribution in [0.3, 0.4) is 0 Å². The van der Waals surface area contributed by atoms with Crippen LogP contribution < -0.4 is 11.3 Å². The van der Waals surface area contributed by atoms with Gasteiger partial charge in [0.1, 0.15) is 29.7 Å². The molecule has 4 aromatic rings. The minimum absolute atomic E-state index is 0.210. The van der Waals surface area contributed by atoms with Crippen molar-refractivity contribution in [2.75, 3.05) is 5.73 Å². The summed E-state index contributed by atoms with van der Waals surface area (Å²) in [6.45, 7) is 11.1. The topological polar surface area (TPSA) is 96.5 Å². The minimum atomic E-state index is -0.451. The van der Waals surface area contributed by atoms with Crippen molar-refractivity contribution in [2.24, 2.45) is 5.92 Å². The van der Waals surface area contributed by atoms with Crippen LogP contribution in [0.1, 0.15) is 63.9 Å². The summed E-state index contributed by atoms with van der Waals surface area (Å²) in [6.07, 6.45) is 7.92. The lowest BCUT2D eigenvalue weighted by Crippen LogP contribution is -2.28. The largest absolute Gasteiger partial charge is 0.383 e. The zero-order valence-corrected chi connectivity index (χ0v) is 21.0. The number of hydrogen-bond donors (Lipinski definition) is 1. The Morgan fingerprint density at radius 1 is 1.28 bits per heavy atom. The van der Waals surface area contributed by atoms with E-state index in [2.05, 4.69) is 25.5 Å². The van der Waals surface area contributed by atoms with E-state index in [1.165, 1.54) is 12.1 Å². The van der Waals surface area contributed by atoms with Crippen LogP contribution in [-0.2, 0) is 13.1 Å². The summed E-state index contributed by atoms with van der Waals surface area (Å²) in [7, 11) is 0. The van der Waals surface area contributed by atoms with Crippen LogP contribution in [0.5, 0.6) is 0 Å². The smallest absolute Gasteiger partial charge is 0.261 e. The lowest BCUT2D eigenvalue weighted by atomic mass is 10.1. The molecule has 0 radical (unpaired) electrons. The van der Waals surface area contributed by atoms with E-state index in [0.717, 1.165) is 42.4 Å². The Hall–Kier alpha value is -3.75. The van der Waals surface area contributed by atoms with Gasteiger partial charge in [-0.25, -0.2) is 14.1 Å². The molecule has 1 aliphatic rings. The van der Waals surface area contributed by atoms with Crippen LogP contribution in [0.4, 0.5) is 10.2 Å². The highest BCUT2D eigenvalue weighted by Crippen LogP contribution is 2.34. The molecule has 0 bridgehead atoms. The Morgan fingerprint density at radius 3 is 2.69 bits per heavy atom. The third kappa shape index (κ3) is 4.34. The maximum atomic E-state index is 13.9. The van der Waals surface area contributed by atoms with Crippen molar-refractivity contribution < 1.29 is 4.39 Å². The van der Waals surface area contributed by atoms with Gasteiger partial charge in [-0.3, -0.25) is 14.0 Å². The normalized spacial score (nSPS) is 13.7. The molecule has 188 valence electrons. The Morgan fingerprint density at radius 2 is 2.03 bits per heavy atom. The van der Waals surface area contributed by atoms with Crippen molar-refractivity contribution in [1.82, 2.24) is 29.1 Å². The molecule has 0 unspecified atom stereocenters. The van der Waals surface area contributed by atoms with Gasteiger partial charge in [0.15, 0.2) is 0 Å². The number of anilines is 1. The average Bonchev–Trinajstić information content (AvgIpc) is 3.44. The fourth-order valence-corrected chi connectivity index (χ4v) is 4.78. The number of fused-ring (bicyclic) bond motifs is 1. The second-order valence-corrected chi connectivity index (χ2v) is 9.77. The molecule has 0 amide bonds. The van der Waals surface area contributed by atoms with E-state index < -0.39 is 5.82 Å². The lowest BCUT2D eigenvalue weighted by Gasteiger charge is -2.14. The van der Waals surface area contributed by atoms with E-state index in [-0.39, 0.29) is 17.5 Å². The Balaban J connectivity index is 1.60. The van der Waals surface area contributed by atoms with Crippen molar-refractivity contribution >= 4 is 22.3 Å². The van der Waals surface area contributed by atoms with E-state index in [1.54, 1.807) is 15.3 Å². The number of aromatic nitrogens is 6. The summed E-state index contributed by atoms with van der Waals surface area (Å²) >= 11 is 0. The molecule has 9 heteroatoms. The summed E-state index contributed by atoms with van der Waals surface area (Å²) in [5, 5.41) is 9.70.